The molecule has 0 aliphatic carbocycles. The Balaban J connectivity index is 1.62. The molecule has 0 radical (unpaired) electrons. The molecule has 1 spiro atoms. The van der Waals surface area contributed by atoms with Gasteiger partial charge in [-0.05, 0) is 30.2 Å². The van der Waals surface area contributed by atoms with Gasteiger partial charge in [-0.1, -0.05) is 30.3 Å². The molecule has 5 rings (SSSR count). The lowest BCUT2D eigenvalue weighted by atomic mass is 9.76. The van der Waals surface area contributed by atoms with Gasteiger partial charge in [0.05, 0.1) is 25.0 Å². The van der Waals surface area contributed by atoms with Gasteiger partial charge in [-0.15, -0.1) is 0 Å². The van der Waals surface area contributed by atoms with E-state index >= 15 is 0 Å². The van der Waals surface area contributed by atoms with E-state index < -0.39 is 41.0 Å². The van der Waals surface area contributed by atoms with Gasteiger partial charge >= 0.3 is 0 Å². The second-order valence-corrected chi connectivity index (χ2v) is 8.22. The van der Waals surface area contributed by atoms with Gasteiger partial charge < -0.3 is 10.1 Å². The first-order valence-corrected chi connectivity index (χ1v) is 10.2. The molecule has 2 aromatic rings. The Hall–Kier alpha value is -3.10. The highest BCUT2D eigenvalue weighted by Crippen LogP contribution is 2.53. The molecule has 0 unspecified atom stereocenters. The minimum Gasteiger partial charge on any atom is -0.383 e. The fraction of sp³-hybridized carbons (Fsp3) is 0.348. The number of nitrogens with zero attached hydrogens (tertiary/aromatic N) is 1. The second-order valence-electron chi connectivity index (χ2n) is 8.22. The Bertz CT molecular complexity index is 1080. The van der Waals surface area contributed by atoms with E-state index in [1.807, 2.05) is 30.3 Å². The molecular weight excluding hydrogens is 401 g/mol. The first-order chi connectivity index (χ1) is 15.0. The third kappa shape index (κ3) is 2.82. The van der Waals surface area contributed by atoms with Crippen molar-refractivity contribution >= 4 is 23.4 Å². The molecule has 3 heterocycles. The van der Waals surface area contributed by atoms with Crippen LogP contribution in [0.15, 0.2) is 48.5 Å². The molecule has 31 heavy (non-hydrogen) atoms. The van der Waals surface area contributed by atoms with E-state index in [9.17, 15) is 18.8 Å². The van der Waals surface area contributed by atoms with Gasteiger partial charge in [0.1, 0.15) is 11.4 Å². The molecule has 2 aromatic carbocycles. The number of amides is 3. The van der Waals surface area contributed by atoms with Gasteiger partial charge in [0, 0.05) is 24.4 Å². The monoisotopic (exact) mass is 423 g/mol. The third-order valence-electron chi connectivity index (χ3n) is 6.59. The van der Waals surface area contributed by atoms with E-state index in [4.69, 9.17) is 4.74 Å². The topological polar surface area (TPSA) is 87.7 Å². The maximum Gasteiger partial charge on any atom is 0.250 e. The van der Waals surface area contributed by atoms with Gasteiger partial charge in [0.15, 0.2) is 0 Å². The Morgan fingerprint density at radius 3 is 2.61 bits per heavy atom. The molecule has 2 saturated heterocycles. The standard InChI is InChI=1S/C23H22FN3O4/c1-31-10-9-27-20(28)18-17(11-13-5-3-2-4-6-13)26-23(19(18)21(27)29)15-12-14(24)7-8-16(15)25-22(23)30/h2-8,12,17-19,26H,9-11H2,1H3,(H,25,30)/t17-,18-,19+,23-/m1/s1. The van der Waals surface area contributed by atoms with Crippen molar-refractivity contribution in [2.75, 3.05) is 25.6 Å². The zero-order valence-corrected chi connectivity index (χ0v) is 16.9. The van der Waals surface area contributed by atoms with E-state index in [0.29, 0.717) is 17.7 Å². The Kier molecular flexibility index (Phi) is 4.64. The average Bonchev–Trinajstić information content (AvgIpc) is 3.33. The molecule has 3 aliphatic rings. The van der Waals surface area contributed by atoms with Crippen molar-refractivity contribution in [1.82, 2.24) is 10.2 Å². The summed E-state index contributed by atoms with van der Waals surface area (Å²) in [5.74, 6) is -3.38. The van der Waals surface area contributed by atoms with Gasteiger partial charge in [0.25, 0.3) is 0 Å². The van der Waals surface area contributed by atoms with Gasteiger partial charge in [-0.25, -0.2) is 4.39 Å². The number of nitrogens with one attached hydrogen (secondary N) is 2. The zero-order valence-electron chi connectivity index (χ0n) is 16.9. The van der Waals surface area contributed by atoms with Gasteiger partial charge in [0.2, 0.25) is 17.7 Å². The maximum absolute atomic E-state index is 14.2. The summed E-state index contributed by atoms with van der Waals surface area (Å²) in [4.78, 5) is 41.2. The molecule has 8 heteroatoms. The quantitative estimate of drug-likeness (QED) is 0.711. The Labute approximate surface area is 178 Å². The molecule has 3 aliphatic heterocycles. The number of ether oxygens (including phenoxy) is 1. The highest BCUT2D eigenvalue weighted by atomic mass is 19.1. The highest BCUT2D eigenvalue weighted by molar-refractivity contribution is 6.15. The van der Waals surface area contributed by atoms with Crippen molar-refractivity contribution in [3.8, 4) is 0 Å². The first-order valence-electron chi connectivity index (χ1n) is 10.2. The minimum absolute atomic E-state index is 0.118. The molecule has 0 saturated carbocycles. The molecule has 4 atom stereocenters. The summed E-state index contributed by atoms with van der Waals surface area (Å²) < 4.78 is 19.2. The van der Waals surface area contributed by atoms with Crippen LogP contribution in [0.1, 0.15) is 11.1 Å². The molecule has 3 amide bonds. The lowest BCUT2D eigenvalue weighted by Gasteiger charge is -2.29. The Morgan fingerprint density at radius 2 is 1.87 bits per heavy atom. The van der Waals surface area contributed by atoms with Gasteiger partial charge in [-0.3, -0.25) is 24.6 Å². The number of hydrogen-bond acceptors (Lipinski definition) is 5. The fourth-order valence-electron chi connectivity index (χ4n) is 5.28. The number of likely N-dealkylation sites (tertiary alicyclic amines) is 1. The number of anilines is 1. The molecule has 0 bridgehead atoms. The summed E-state index contributed by atoms with van der Waals surface area (Å²) in [6.45, 7) is 0.324. The molecule has 0 aromatic heterocycles. The van der Waals surface area contributed by atoms with E-state index in [-0.39, 0.29) is 19.1 Å². The van der Waals surface area contributed by atoms with E-state index in [1.54, 1.807) is 0 Å². The summed E-state index contributed by atoms with van der Waals surface area (Å²) in [5, 5.41) is 6.08. The summed E-state index contributed by atoms with van der Waals surface area (Å²) in [6, 6.07) is 13.1. The number of carbonyl (C=O) groups is 3. The van der Waals surface area contributed by atoms with E-state index in [2.05, 4.69) is 10.6 Å². The molecule has 160 valence electrons. The third-order valence-corrected chi connectivity index (χ3v) is 6.59. The van der Waals surface area contributed by atoms with Crippen LogP contribution in [0, 0.1) is 17.7 Å². The van der Waals surface area contributed by atoms with Crippen molar-refractivity contribution in [2.24, 2.45) is 11.8 Å². The van der Waals surface area contributed by atoms with Crippen LogP contribution >= 0.6 is 0 Å². The molecule has 2 N–H and O–H groups in total. The summed E-state index contributed by atoms with van der Waals surface area (Å²) >= 11 is 0. The van der Waals surface area contributed by atoms with Crippen molar-refractivity contribution in [3.63, 3.8) is 0 Å². The summed E-state index contributed by atoms with van der Waals surface area (Å²) in [5.41, 5.74) is 0.312. The average molecular weight is 423 g/mol. The maximum atomic E-state index is 14.2. The Morgan fingerprint density at radius 1 is 1.10 bits per heavy atom. The van der Waals surface area contributed by atoms with Gasteiger partial charge in [-0.2, -0.15) is 0 Å². The van der Waals surface area contributed by atoms with Crippen molar-refractivity contribution < 1.29 is 23.5 Å². The normalized spacial score (nSPS) is 28.9. The van der Waals surface area contributed by atoms with Crippen LogP contribution in [0.5, 0.6) is 0 Å². The number of fused-ring (bicyclic) bond motifs is 4. The van der Waals surface area contributed by atoms with Crippen molar-refractivity contribution in [2.45, 2.75) is 18.0 Å². The zero-order chi connectivity index (χ0) is 21.8. The number of hydrogen-bond donors (Lipinski definition) is 2. The second kappa shape index (κ2) is 7.25. The summed E-state index contributed by atoms with van der Waals surface area (Å²) in [6.07, 6.45) is 0.457. The largest absolute Gasteiger partial charge is 0.383 e. The van der Waals surface area contributed by atoms with Crippen LogP contribution in [0.2, 0.25) is 0 Å². The number of methoxy groups -OCH3 is 1. The number of carbonyl (C=O) groups excluding carboxylic acids is 3. The SMILES string of the molecule is COCCN1C(=O)[C@H]2[C@@H](C1=O)[C@@]1(N[C@@H]2Cc2ccccc2)C(=O)Nc2ccc(F)cc21. The van der Waals surface area contributed by atoms with Crippen LogP contribution in [0.25, 0.3) is 0 Å². The van der Waals surface area contributed by atoms with Crippen LogP contribution < -0.4 is 10.6 Å². The van der Waals surface area contributed by atoms with E-state index in [1.165, 1.54) is 30.2 Å². The van der Waals surface area contributed by atoms with Crippen molar-refractivity contribution in [3.05, 3.63) is 65.5 Å². The predicted molar refractivity (Wildman–Crippen MR) is 109 cm³/mol. The first kappa shape index (κ1) is 19.8. The smallest absolute Gasteiger partial charge is 0.250 e. The molecular formula is C23H22FN3O4. The highest BCUT2D eigenvalue weighted by Gasteiger charge is 2.70. The van der Waals surface area contributed by atoms with Crippen LogP contribution in [0.4, 0.5) is 10.1 Å². The number of rotatable bonds is 5. The fourth-order valence-corrected chi connectivity index (χ4v) is 5.28. The van der Waals surface area contributed by atoms with Crippen LogP contribution in [0.3, 0.4) is 0 Å². The number of halogens is 1. The number of imide groups is 1. The lowest BCUT2D eigenvalue weighted by molar-refractivity contribution is -0.143. The van der Waals surface area contributed by atoms with Crippen molar-refractivity contribution in [1.29, 1.82) is 0 Å². The van der Waals surface area contributed by atoms with E-state index in [0.717, 1.165) is 5.56 Å². The minimum atomic E-state index is -1.49. The van der Waals surface area contributed by atoms with Crippen LogP contribution in [-0.4, -0.2) is 48.9 Å². The molecule has 7 nitrogen and oxygen atoms in total. The predicted octanol–water partition coefficient (Wildman–Crippen LogP) is 1.44. The van der Waals surface area contributed by atoms with Crippen LogP contribution in [-0.2, 0) is 31.1 Å². The number of benzene rings is 2. The summed E-state index contributed by atoms with van der Waals surface area (Å²) in [7, 11) is 1.50. The molecule has 2 fully saturated rings. The lowest BCUT2D eigenvalue weighted by Crippen LogP contribution is -2.53.